The van der Waals surface area contributed by atoms with E-state index in [1.807, 2.05) is 45.0 Å². The zero-order chi connectivity index (χ0) is 17.0. The predicted molar refractivity (Wildman–Crippen MR) is 86.9 cm³/mol. The van der Waals surface area contributed by atoms with Crippen molar-refractivity contribution in [1.29, 1.82) is 0 Å². The van der Waals surface area contributed by atoms with Gasteiger partial charge in [-0.15, -0.1) is 0 Å². The van der Waals surface area contributed by atoms with Gasteiger partial charge in [-0.25, -0.2) is 4.68 Å². The molecule has 1 aromatic heterocycles. The summed E-state index contributed by atoms with van der Waals surface area (Å²) >= 11 is 0. The number of carbonyl (C=O) groups excluding carboxylic acids is 1. The van der Waals surface area contributed by atoms with Gasteiger partial charge < -0.3 is 10.0 Å². The molecular weight excluding hydrogens is 294 g/mol. The van der Waals surface area contributed by atoms with Crippen LogP contribution in [0.4, 0.5) is 0 Å². The Bertz CT molecular complexity index is 704. The highest BCUT2D eigenvalue weighted by atomic mass is 16.4. The van der Waals surface area contributed by atoms with Gasteiger partial charge in [-0.1, -0.05) is 24.6 Å². The molecule has 0 unspecified atom stereocenters. The average Bonchev–Trinajstić information content (AvgIpc) is 2.88. The lowest BCUT2D eigenvalue weighted by Gasteiger charge is -2.18. The minimum absolute atomic E-state index is 0.262. The van der Waals surface area contributed by atoms with Crippen LogP contribution in [0.5, 0.6) is 0 Å². The van der Waals surface area contributed by atoms with E-state index in [4.69, 9.17) is 5.11 Å². The standard InChI is InChI=1S/C17H21N3O3/c1-4-9-19(11-16(21)22)17(23)15-10-13(3)20(18-15)14-7-5-12(2)6-8-14/h5-8,10H,4,9,11H2,1-3H3,(H,21,22). The Morgan fingerprint density at radius 1 is 1.22 bits per heavy atom. The number of hydrogen-bond acceptors (Lipinski definition) is 3. The lowest BCUT2D eigenvalue weighted by atomic mass is 10.2. The van der Waals surface area contributed by atoms with Gasteiger partial charge in [0.15, 0.2) is 5.69 Å². The van der Waals surface area contributed by atoms with E-state index < -0.39 is 5.97 Å². The fourth-order valence-corrected chi connectivity index (χ4v) is 2.37. The summed E-state index contributed by atoms with van der Waals surface area (Å²) in [7, 11) is 0. The molecule has 23 heavy (non-hydrogen) atoms. The van der Waals surface area contributed by atoms with Crippen molar-refractivity contribution in [2.45, 2.75) is 27.2 Å². The molecule has 0 spiro atoms. The molecule has 6 heteroatoms. The molecule has 122 valence electrons. The number of nitrogens with zero attached hydrogens (tertiary/aromatic N) is 3. The Morgan fingerprint density at radius 2 is 1.87 bits per heavy atom. The van der Waals surface area contributed by atoms with Gasteiger partial charge in [0.25, 0.3) is 5.91 Å². The molecule has 0 aliphatic carbocycles. The van der Waals surface area contributed by atoms with Crippen LogP contribution in [0, 0.1) is 13.8 Å². The predicted octanol–water partition coefficient (Wildman–Crippen LogP) is 2.43. The minimum Gasteiger partial charge on any atom is -0.480 e. The van der Waals surface area contributed by atoms with Crippen LogP contribution in [0.2, 0.25) is 0 Å². The molecule has 0 radical (unpaired) electrons. The molecule has 6 nitrogen and oxygen atoms in total. The number of carboxylic acid groups (broad SMARTS) is 1. The van der Waals surface area contributed by atoms with Gasteiger partial charge in [0.1, 0.15) is 6.54 Å². The Balaban J connectivity index is 2.29. The second-order valence-electron chi connectivity index (χ2n) is 5.54. The first-order valence-electron chi connectivity index (χ1n) is 7.57. The number of rotatable bonds is 6. The summed E-state index contributed by atoms with van der Waals surface area (Å²) in [5, 5.41) is 13.3. The van der Waals surface area contributed by atoms with Gasteiger partial charge in [-0.05, 0) is 38.5 Å². The topological polar surface area (TPSA) is 75.4 Å². The molecular formula is C17H21N3O3. The van der Waals surface area contributed by atoms with Gasteiger partial charge in [0, 0.05) is 12.2 Å². The number of aryl methyl sites for hydroxylation is 2. The van der Waals surface area contributed by atoms with Crippen molar-refractivity contribution >= 4 is 11.9 Å². The van der Waals surface area contributed by atoms with Crippen molar-refractivity contribution in [2.24, 2.45) is 0 Å². The molecule has 0 bridgehead atoms. The lowest BCUT2D eigenvalue weighted by Crippen LogP contribution is -2.36. The molecule has 0 aliphatic rings. The van der Waals surface area contributed by atoms with Crippen LogP contribution in [0.25, 0.3) is 5.69 Å². The van der Waals surface area contributed by atoms with Crippen LogP contribution in [0.3, 0.4) is 0 Å². The smallest absolute Gasteiger partial charge is 0.323 e. The quantitative estimate of drug-likeness (QED) is 0.888. The molecule has 0 atom stereocenters. The van der Waals surface area contributed by atoms with Gasteiger partial charge in [-0.3, -0.25) is 9.59 Å². The highest BCUT2D eigenvalue weighted by Crippen LogP contribution is 2.14. The van der Waals surface area contributed by atoms with Crippen LogP contribution in [0.15, 0.2) is 30.3 Å². The number of carbonyl (C=O) groups is 2. The highest BCUT2D eigenvalue weighted by Gasteiger charge is 2.21. The Kier molecular flexibility index (Phi) is 5.16. The summed E-state index contributed by atoms with van der Waals surface area (Å²) in [4.78, 5) is 24.7. The molecule has 0 saturated carbocycles. The fraction of sp³-hybridized carbons (Fsp3) is 0.353. The van der Waals surface area contributed by atoms with E-state index >= 15 is 0 Å². The third-order valence-electron chi connectivity index (χ3n) is 3.49. The Morgan fingerprint density at radius 3 is 2.43 bits per heavy atom. The van der Waals surface area contributed by atoms with E-state index in [9.17, 15) is 9.59 Å². The summed E-state index contributed by atoms with van der Waals surface area (Å²) in [5.74, 6) is -1.38. The molecule has 2 rings (SSSR count). The van der Waals surface area contributed by atoms with Crippen molar-refractivity contribution in [3.8, 4) is 5.69 Å². The Labute approximate surface area is 135 Å². The van der Waals surface area contributed by atoms with Crippen LogP contribution < -0.4 is 0 Å². The third-order valence-corrected chi connectivity index (χ3v) is 3.49. The molecule has 0 aliphatic heterocycles. The maximum absolute atomic E-state index is 12.5. The number of benzene rings is 1. The fourth-order valence-electron chi connectivity index (χ4n) is 2.37. The van der Waals surface area contributed by atoms with Crippen molar-refractivity contribution in [3.63, 3.8) is 0 Å². The van der Waals surface area contributed by atoms with Crippen molar-refractivity contribution < 1.29 is 14.7 Å². The molecule has 1 N–H and O–H groups in total. The SMILES string of the molecule is CCCN(CC(=O)O)C(=O)c1cc(C)n(-c2ccc(C)cc2)n1. The number of amides is 1. The zero-order valence-electron chi connectivity index (χ0n) is 13.6. The molecule has 0 fully saturated rings. The molecule has 1 aromatic carbocycles. The number of hydrogen-bond donors (Lipinski definition) is 1. The molecule has 2 aromatic rings. The Hall–Kier alpha value is -2.63. The van der Waals surface area contributed by atoms with Crippen LogP contribution in [-0.4, -0.2) is 44.8 Å². The monoisotopic (exact) mass is 315 g/mol. The number of carboxylic acids is 1. The van der Waals surface area contributed by atoms with Gasteiger partial charge in [-0.2, -0.15) is 5.10 Å². The van der Waals surface area contributed by atoms with E-state index in [0.29, 0.717) is 13.0 Å². The van der Waals surface area contributed by atoms with Crippen molar-refractivity contribution in [3.05, 3.63) is 47.3 Å². The van der Waals surface area contributed by atoms with Crippen molar-refractivity contribution in [1.82, 2.24) is 14.7 Å². The summed E-state index contributed by atoms with van der Waals surface area (Å²) < 4.78 is 1.69. The van der Waals surface area contributed by atoms with E-state index in [0.717, 1.165) is 16.9 Å². The highest BCUT2D eigenvalue weighted by molar-refractivity contribution is 5.94. The van der Waals surface area contributed by atoms with Gasteiger partial charge in [0.2, 0.25) is 0 Å². The van der Waals surface area contributed by atoms with E-state index in [1.54, 1.807) is 10.7 Å². The van der Waals surface area contributed by atoms with Crippen molar-refractivity contribution in [2.75, 3.05) is 13.1 Å². The minimum atomic E-state index is -1.03. The van der Waals surface area contributed by atoms with Gasteiger partial charge in [0.05, 0.1) is 5.69 Å². The zero-order valence-corrected chi connectivity index (χ0v) is 13.6. The summed E-state index contributed by atoms with van der Waals surface area (Å²) in [6, 6.07) is 9.51. The van der Waals surface area contributed by atoms with E-state index in [1.165, 1.54) is 4.90 Å². The van der Waals surface area contributed by atoms with Crippen LogP contribution in [0.1, 0.15) is 35.1 Å². The summed E-state index contributed by atoms with van der Waals surface area (Å²) in [5.41, 5.74) is 3.10. The summed E-state index contributed by atoms with van der Waals surface area (Å²) in [6.07, 6.45) is 0.691. The number of aromatic nitrogens is 2. The first kappa shape index (κ1) is 16.7. The third kappa shape index (κ3) is 3.97. The maximum Gasteiger partial charge on any atom is 0.323 e. The van der Waals surface area contributed by atoms with E-state index in [2.05, 4.69) is 5.10 Å². The average molecular weight is 315 g/mol. The molecule has 1 amide bonds. The largest absolute Gasteiger partial charge is 0.480 e. The number of aliphatic carboxylic acids is 1. The van der Waals surface area contributed by atoms with E-state index in [-0.39, 0.29) is 18.1 Å². The normalized spacial score (nSPS) is 10.6. The second-order valence-corrected chi connectivity index (χ2v) is 5.54. The first-order valence-corrected chi connectivity index (χ1v) is 7.57. The maximum atomic E-state index is 12.5. The first-order chi connectivity index (χ1) is 10.9. The lowest BCUT2D eigenvalue weighted by molar-refractivity contribution is -0.137. The van der Waals surface area contributed by atoms with Crippen LogP contribution >= 0.6 is 0 Å². The molecule has 0 saturated heterocycles. The van der Waals surface area contributed by atoms with Gasteiger partial charge >= 0.3 is 5.97 Å². The van der Waals surface area contributed by atoms with Crippen LogP contribution in [-0.2, 0) is 4.79 Å². The summed E-state index contributed by atoms with van der Waals surface area (Å²) in [6.45, 7) is 5.84. The molecule has 1 heterocycles. The second kappa shape index (κ2) is 7.09.